The van der Waals surface area contributed by atoms with Crippen LogP contribution in [0.1, 0.15) is 0 Å². The molecule has 56 heavy (non-hydrogen) atoms. The Labute approximate surface area is 332 Å². The van der Waals surface area contributed by atoms with E-state index in [9.17, 15) is 0 Å². The summed E-state index contributed by atoms with van der Waals surface area (Å²) in [6.07, 6.45) is 0. The summed E-state index contributed by atoms with van der Waals surface area (Å²) in [7, 11) is 0. The molecule has 0 aliphatic heterocycles. The predicted molar refractivity (Wildman–Crippen MR) is 240 cm³/mol. The molecule has 262 valence electrons. The van der Waals surface area contributed by atoms with Crippen molar-refractivity contribution < 1.29 is 0 Å². The summed E-state index contributed by atoms with van der Waals surface area (Å²) in [5.74, 6) is 0.703. The van der Waals surface area contributed by atoms with Crippen molar-refractivity contribution in [3.8, 4) is 67.3 Å². The van der Waals surface area contributed by atoms with Crippen molar-refractivity contribution in [3.05, 3.63) is 194 Å². The van der Waals surface area contributed by atoms with E-state index in [1.165, 1.54) is 73.7 Å². The first-order valence-corrected chi connectivity index (χ1v) is 20.4. The van der Waals surface area contributed by atoms with E-state index < -0.39 is 0 Å². The first-order valence-electron chi connectivity index (χ1n) is 18.8. The van der Waals surface area contributed by atoms with Crippen molar-refractivity contribution in [2.75, 3.05) is 0 Å². The number of aromatic nitrogens is 2. The average molecular weight is 749 g/mol. The van der Waals surface area contributed by atoms with E-state index in [2.05, 4.69) is 194 Å². The van der Waals surface area contributed by atoms with Crippen LogP contribution < -0.4 is 0 Å². The molecule has 0 radical (unpaired) electrons. The lowest BCUT2D eigenvalue weighted by Gasteiger charge is -2.12. The zero-order valence-corrected chi connectivity index (χ0v) is 31.8. The molecule has 3 heterocycles. The molecule has 0 bridgehead atoms. The molecule has 0 fully saturated rings. The molecule has 3 aromatic heterocycles. The van der Waals surface area contributed by atoms with Crippen molar-refractivity contribution in [2.24, 2.45) is 0 Å². The van der Waals surface area contributed by atoms with Crippen molar-refractivity contribution in [3.63, 3.8) is 0 Å². The molecule has 0 atom stereocenters. The largest absolute Gasteiger partial charge is 0.228 e. The molecule has 0 saturated carbocycles. The average Bonchev–Trinajstić information content (AvgIpc) is 3.86. The molecule has 8 aromatic carbocycles. The minimum absolute atomic E-state index is 0.703. The highest BCUT2D eigenvalue weighted by molar-refractivity contribution is 7.26. The van der Waals surface area contributed by atoms with Crippen LogP contribution in [0.3, 0.4) is 0 Å². The van der Waals surface area contributed by atoms with E-state index in [0.29, 0.717) is 5.82 Å². The molecular weight excluding hydrogens is 717 g/mol. The second-order valence-electron chi connectivity index (χ2n) is 14.1. The minimum Gasteiger partial charge on any atom is -0.228 e. The SMILES string of the molecule is c1ccc(-c2ccc(-c3cc(-c4ccc(-c5cccc6sc7ccccc7c56)cc4)nc(-c4ccc(-c5cccc6sc7ccccc7c56)cc4)n3)cc2)cc1. The number of thiophene rings is 2. The van der Waals surface area contributed by atoms with Gasteiger partial charge in [0.25, 0.3) is 0 Å². The van der Waals surface area contributed by atoms with Crippen LogP contribution in [0.15, 0.2) is 194 Å². The van der Waals surface area contributed by atoms with Crippen molar-refractivity contribution >= 4 is 63.0 Å². The topological polar surface area (TPSA) is 25.8 Å². The summed E-state index contributed by atoms with van der Waals surface area (Å²) in [6, 6.07) is 69.6. The van der Waals surface area contributed by atoms with Crippen LogP contribution in [-0.2, 0) is 0 Å². The number of rotatable bonds is 6. The maximum atomic E-state index is 5.23. The van der Waals surface area contributed by atoms with E-state index in [0.717, 1.165) is 28.1 Å². The Hall–Kier alpha value is -6.72. The van der Waals surface area contributed by atoms with E-state index in [4.69, 9.17) is 9.97 Å². The third kappa shape index (κ3) is 5.70. The van der Waals surface area contributed by atoms with Crippen LogP contribution >= 0.6 is 22.7 Å². The molecule has 0 unspecified atom stereocenters. The lowest BCUT2D eigenvalue weighted by atomic mass is 9.97. The fourth-order valence-electron chi connectivity index (χ4n) is 7.99. The molecule has 0 aliphatic rings. The van der Waals surface area contributed by atoms with Crippen LogP contribution in [-0.4, -0.2) is 9.97 Å². The summed E-state index contributed by atoms with van der Waals surface area (Å²) >= 11 is 3.70. The van der Waals surface area contributed by atoms with Crippen LogP contribution in [0.25, 0.3) is 108 Å². The smallest absolute Gasteiger partial charge is 0.160 e. The van der Waals surface area contributed by atoms with Crippen LogP contribution in [0, 0.1) is 0 Å². The highest BCUT2D eigenvalue weighted by atomic mass is 32.1. The van der Waals surface area contributed by atoms with Crippen LogP contribution in [0.5, 0.6) is 0 Å². The first kappa shape index (κ1) is 32.7. The predicted octanol–water partition coefficient (Wildman–Crippen LogP) is 15.2. The van der Waals surface area contributed by atoms with Gasteiger partial charge >= 0.3 is 0 Å². The van der Waals surface area contributed by atoms with Gasteiger partial charge in [-0.15, -0.1) is 22.7 Å². The first-order chi connectivity index (χ1) is 27.7. The van der Waals surface area contributed by atoms with Gasteiger partial charge in [-0.3, -0.25) is 0 Å². The van der Waals surface area contributed by atoms with Gasteiger partial charge in [-0.05, 0) is 63.7 Å². The van der Waals surface area contributed by atoms with Gasteiger partial charge in [-0.25, -0.2) is 9.97 Å². The zero-order chi connectivity index (χ0) is 37.0. The van der Waals surface area contributed by atoms with E-state index in [-0.39, 0.29) is 0 Å². The Morgan fingerprint density at radius 3 is 1.20 bits per heavy atom. The van der Waals surface area contributed by atoms with Crippen LogP contribution in [0.2, 0.25) is 0 Å². The number of benzene rings is 8. The van der Waals surface area contributed by atoms with Crippen molar-refractivity contribution in [1.82, 2.24) is 9.97 Å². The molecular formula is C52H32N2S2. The minimum atomic E-state index is 0.703. The monoisotopic (exact) mass is 748 g/mol. The third-order valence-electron chi connectivity index (χ3n) is 10.8. The highest BCUT2D eigenvalue weighted by Crippen LogP contribution is 2.42. The fourth-order valence-corrected chi connectivity index (χ4v) is 10.3. The number of fused-ring (bicyclic) bond motifs is 6. The normalized spacial score (nSPS) is 11.6. The number of hydrogen-bond acceptors (Lipinski definition) is 4. The van der Waals surface area contributed by atoms with Gasteiger partial charge in [0.2, 0.25) is 0 Å². The van der Waals surface area contributed by atoms with Gasteiger partial charge in [0.1, 0.15) is 0 Å². The van der Waals surface area contributed by atoms with E-state index >= 15 is 0 Å². The fraction of sp³-hybridized carbons (Fsp3) is 0. The standard InChI is InChI=1S/C52H32N2S2/c1-2-10-33(11-3-1)34-20-26-37(27-21-34)44-32-45(38-28-22-35(23-29-38)40-14-8-18-48-50(40)42-12-4-6-16-46(42)55-48)54-52(53-44)39-30-24-36(25-31-39)41-15-9-19-49-51(41)43-13-5-7-17-47(43)56-49/h1-32H. The third-order valence-corrected chi connectivity index (χ3v) is 13.0. The van der Waals surface area contributed by atoms with E-state index in [1.54, 1.807) is 0 Å². The van der Waals surface area contributed by atoms with Gasteiger partial charge in [0.15, 0.2) is 5.82 Å². The summed E-state index contributed by atoms with van der Waals surface area (Å²) in [4.78, 5) is 10.4. The summed E-state index contributed by atoms with van der Waals surface area (Å²) in [6.45, 7) is 0. The van der Waals surface area contributed by atoms with Gasteiger partial charge in [0, 0.05) is 57.0 Å². The molecule has 4 heteroatoms. The Morgan fingerprint density at radius 1 is 0.286 bits per heavy atom. The maximum absolute atomic E-state index is 5.23. The maximum Gasteiger partial charge on any atom is 0.160 e. The second-order valence-corrected chi connectivity index (χ2v) is 16.3. The molecule has 0 amide bonds. The van der Waals surface area contributed by atoms with E-state index in [1.807, 2.05) is 22.7 Å². The van der Waals surface area contributed by atoms with Gasteiger partial charge < -0.3 is 0 Å². The Morgan fingerprint density at radius 2 is 0.679 bits per heavy atom. The molecule has 0 aliphatic carbocycles. The summed E-state index contributed by atoms with van der Waals surface area (Å²) in [5, 5.41) is 5.24. The number of hydrogen-bond donors (Lipinski definition) is 0. The lowest BCUT2D eigenvalue weighted by molar-refractivity contribution is 1.18. The lowest BCUT2D eigenvalue weighted by Crippen LogP contribution is -1.96. The Kier molecular flexibility index (Phi) is 7.90. The van der Waals surface area contributed by atoms with Crippen LogP contribution in [0.4, 0.5) is 0 Å². The Bertz CT molecular complexity index is 3040. The van der Waals surface area contributed by atoms with Gasteiger partial charge in [-0.1, -0.05) is 164 Å². The van der Waals surface area contributed by atoms with Crippen molar-refractivity contribution in [2.45, 2.75) is 0 Å². The summed E-state index contributed by atoms with van der Waals surface area (Å²) < 4.78 is 5.24. The number of nitrogens with zero attached hydrogens (tertiary/aromatic N) is 2. The van der Waals surface area contributed by atoms with Gasteiger partial charge in [-0.2, -0.15) is 0 Å². The quantitative estimate of drug-likeness (QED) is 0.169. The summed E-state index contributed by atoms with van der Waals surface area (Å²) in [5.41, 5.74) is 12.1. The molecule has 0 N–H and O–H groups in total. The molecule has 11 aromatic rings. The van der Waals surface area contributed by atoms with Gasteiger partial charge in [0.05, 0.1) is 11.4 Å². The zero-order valence-electron chi connectivity index (χ0n) is 30.2. The highest BCUT2D eigenvalue weighted by Gasteiger charge is 2.15. The molecule has 2 nitrogen and oxygen atoms in total. The molecule has 11 rings (SSSR count). The Balaban J connectivity index is 1.00. The molecule has 0 saturated heterocycles. The second kappa shape index (κ2) is 13.5. The molecule has 0 spiro atoms. The van der Waals surface area contributed by atoms with Crippen molar-refractivity contribution in [1.29, 1.82) is 0 Å².